The predicted octanol–water partition coefficient (Wildman–Crippen LogP) is 0.792. The molecule has 1 aliphatic rings. The molecule has 0 aliphatic heterocycles. The fraction of sp³-hybridized carbons (Fsp3) is 0.833. The topological polar surface area (TPSA) is 46.2 Å². The third-order valence-electron chi connectivity index (χ3n) is 1.63. The Balaban J connectivity index is 2.28. The minimum Gasteiger partial charge on any atom is -0.385 e. The van der Waals surface area contributed by atoms with Crippen molar-refractivity contribution in [2.45, 2.75) is 31.7 Å². The quantitative estimate of drug-likeness (QED) is 0.489. The van der Waals surface area contributed by atoms with Gasteiger partial charge < -0.3 is 10.8 Å². The zero-order valence-electron chi connectivity index (χ0n) is 4.93. The largest absolute Gasteiger partial charge is 0.385 e. The van der Waals surface area contributed by atoms with Gasteiger partial charge in [0.25, 0.3) is 0 Å². The average molecular weight is 114 g/mol. The molecule has 0 saturated heterocycles. The van der Waals surface area contributed by atoms with E-state index in [0.29, 0.717) is 6.10 Å². The van der Waals surface area contributed by atoms with E-state index in [-0.39, 0.29) is 6.04 Å². The van der Waals surface area contributed by atoms with Gasteiger partial charge in [0, 0.05) is 6.04 Å². The van der Waals surface area contributed by atoms with Crippen LogP contribution in [0, 0.1) is 6.10 Å². The minimum absolute atomic E-state index is 0.0243. The molecule has 1 rings (SSSR count). The highest BCUT2D eigenvalue weighted by atomic mass is 16.3. The Bertz CT molecular complexity index is 64.9. The molecule has 1 radical (unpaired) electrons. The van der Waals surface area contributed by atoms with Crippen molar-refractivity contribution in [2.24, 2.45) is 5.73 Å². The van der Waals surface area contributed by atoms with Gasteiger partial charge >= 0.3 is 0 Å². The van der Waals surface area contributed by atoms with Gasteiger partial charge in [-0.25, -0.2) is 0 Å². The molecule has 1 saturated carbocycles. The molecule has 1 atom stereocenters. The maximum absolute atomic E-state index is 8.97. The van der Waals surface area contributed by atoms with Crippen molar-refractivity contribution in [3.63, 3.8) is 0 Å². The second kappa shape index (κ2) is 2.46. The van der Waals surface area contributed by atoms with E-state index >= 15 is 0 Å². The summed E-state index contributed by atoms with van der Waals surface area (Å²) in [5.74, 6) is 0. The van der Waals surface area contributed by atoms with Gasteiger partial charge in [0.2, 0.25) is 0 Å². The van der Waals surface area contributed by atoms with E-state index in [2.05, 4.69) is 0 Å². The number of aliphatic hydroxyl groups excluding tert-OH is 1. The molecule has 1 fully saturated rings. The number of aliphatic hydroxyl groups is 1. The molecule has 0 aromatic heterocycles. The van der Waals surface area contributed by atoms with Crippen molar-refractivity contribution >= 4 is 0 Å². The van der Waals surface area contributed by atoms with Gasteiger partial charge in [-0.1, -0.05) is 12.8 Å². The molecule has 0 amide bonds. The summed E-state index contributed by atoms with van der Waals surface area (Å²) in [5.41, 5.74) is 5.49. The van der Waals surface area contributed by atoms with Crippen LogP contribution in [0.25, 0.3) is 0 Å². The first-order chi connectivity index (χ1) is 3.80. The Kier molecular flexibility index (Phi) is 1.86. The normalized spacial score (nSPS) is 33.0. The molecule has 2 heteroatoms. The molecule has 1 unspecified atom stereocenters. The van der Waals surface area contributed by atoms with Crippen LogP contribution in [0.15, 0.2) is 0 Å². The Labute approximate surface area is 49.7 Å². The van der Waals surface area contributed by atoms with E-state index in [1.807, 2.05) is 0 Å². The maximum Gasteiger partial charge on any atom is 0.110 e. The standard InChI is InChI=1S/C6H12NO/c7-5-3-1-2-4-6(5)8/h5,8H,1-4,7H2. The van der Waals surface area contributed by atoms with Crippen LogP contribution < -0.4 is 5.73 Å². The van der Waals surface area contributed by atoms with Gasteiger partial charge in [-0.05, 0) is 12.8 Å². The molecule has 0 aromatic rings. The molecule has 47 valence electrons. The van der Waals surface area contributed by atoms with E-state index in [0.717, 1.165) is 19.3 Å². The molecular formula is C6H12NO. The fourth-order valence-corrected chi connectivity index (χ4v) is 1.02. The SMILES string of the molecule is NC1CCCC[C]1O. The minimum atomic E-state index is -0.0243. The first kappa shape index (κ1) is 6.05. The predicted molar refractivity (Wildman–Crippen MR) is 31.6 cm³/mol. The third kappa shape index (κ3) is 1.20. The number of rotatable bonds is 0. The van der Waals surface area contributed by atoms with Gasteiger partial charge in [0.05, 0.1) is 0 Å². The Morgan fingerprint density at radius 3 is 2.62 bits per heavy atom. The lowest BCUT2D eigenvalue weighted by Gasteiger charge is -2.22. The average Bonchev–Trinajstić information content (AvgIpc) is 1.77. The smallest absolute Gasteiger partial charge is 0.110 e. The highest BCUT2D eigenvalue weighted by Gasteiger charge is 2.19. The van der Waals surface area contributed by atoms with Crippen LogP contribution in [0.5, 0.6) is 0 Å². The van der Waals surface area contributed by atoms with Crippen LogP contribution in [0.1, 0.15) is 25.7 Å². The zero-order valence-corrected chi connectivity index (χ0v) is 4.93. The van der Waals surface area contributed by atoms with Crippen LogP contribution in [-0.4, -0.2) is 11.1 Å². The highest BCUT2D eigenvalue weighted by Crippen LogP contribution is 2.21. The first-order valence-electron chi connectivity index (χ1n) is 3.11. The molecule has 0 heterocycles. The monoisotopic (exact) mass is 114 g/mol. The second-order valence-electron chi connectivity index (χ2n) is 2.34. The molecule has 0 spiro atoms. The second-order valence-corrected chi connectivity index (χ2v) is 2.34. The van der Waals surface area contributed by atoms with E-state index in [1.165, 1.54) is 6.42 Å². The van der Waals surface area contributed by atoms with Crippen molar-refractivity contribution in [3.05, 3.63) is 6.10 Å². The number of hydrogen-bond acceptors (Lipinski definition) is 2. The molecule has 2 nitrogen and oxygen atoms in total. The first-order valence-corrected chi connectivity index (χ1v) is 3.11. The molecule has 0 aromatic carbocycles. The van der Waals surface area contributed by atoms with Crippen molar-refractivity contribution < 1.29 is 5.11 Å². The van der Waals surface area contributed by atoms with E-state index in [9.17, 15) is 0 Å². The van der Waals surface area contributed by atoms with E-state index in [1.54, 1.807) is 0 Å². The molecule has 3 N–H and O–H groups in total. The summed E-state index contributed by atoms with van der Waals surface area (Å²) in [6.45, 7) is 0. The third-order valence-corrected chi connectivity index (χ3v) is 1.63. The van der Waals surface area contributed by atoms with Gasteiger partial charge in [0.15, 0.2) is 0 Å². The van der Waals surface area contributed by atoms with Gasteiger partial charge in [-0.15, -0.1) is 0 Å². The summed E-state index contributed by atoms with van der Waals surface area (Å²) < 4.78 is 0. The summed E-state index contributed by atoms with van der Waals surface area (Å²) in [6.07, 6.45) is 4.56. The van der Waals surface area contributed by atoms with Crippen molar-refractivity contribution in [1.29, 1.82) is 0 Å². The highest BCUT2D eigenvalue weighted by molar-refractivity contribution is 4.91. The van der Waals surface area contributed by atoms with Crippen molar-refractivity contribution in [1.82, 2.24) is 0 Å². The molecular weight excluding hydrogens is 102 g/mol. The van der Waals surface area contributed by atoms with Crippen molar-refractivity contribution in [3.8, 4) is 0 Å². The van der Waals surface area contributed by atoms with Crippen LogP contribution in [0.2, 0.25) is 0 Å². The summed E-state index contributed by atoms with van der Waals surface area (Å²) >= 11 is 0. The number of hydrogen-bond donors (Lipinski definition) is 2. The van der Waals surface area contributed by atoms with Crippen molar-refractivity contribution in [2.75, 3.05) is 0 Å². The maximum atomic E-state index is 8.97. The lowest BCUT2D eigenvalue weighted by molar-refractivity contribution is 0.215. The fourth-order valence-electron chi connectivity index (χ4n) is 1.02. The van der Waals surface area contributed by atoms with Crippen LogP contribution in [-0.2, 0) is 0 Å². The Morgan fingerprint density at radius 2 is 2.25 bits per heavy atom. The lowest BCUT2D eigenvalue weighted by Crippen LogP contribution is -2.30. The molecule has 0 bridgehead atoms. The van der Waals surface area contributed by atoms with Gasteiger partial charge in [-0.3, -0.25) is 0 Å². The summed E-state index contributed by atoms with van der Waals surface area (Å²) in [7, 11) is 0. The number of nitrogens with two attached hydrogens (primary N) is 1. The van der Waals surface area contributed by atoms with Crippen LogP contribution in [0.3, 0.4) is 0 Å². The Hall–Kier alpha value is -0.0800. The van der Waals surface area contributed by atoms with Crippen LogP contribution in [0.4, 0.5) is 0 Å². The summed E-state index contributed by atoms with van der Waals surface area (Å²) in [5, 5.41) is 8.97. The molecule has 8 heavy (non-hydrogen) atoms. The Morgan fingerprint density at radius 1 is 1.50 bits per heavy atom. The van der Waals surface area contributed by atoms with E-state index < -0.39 is 0 Å². The summed E-state index contributed by atoms with van der Waals surface area (Å²) in [4.78, 5) is 0. The van der Waals surface area contributed by atoms with Gasteiger partial charge in [0.1, 0.15) is 6.10 Å². The van der Waals surface area contributed by atoms with Gasteiger partial charge in [-0.2, -0.15) is 0 Å². The van der Waals surface area contributed by atoms with Crippen LogP contribution >= 0.6 is 0 Å². The van der Waals surface area contributed by atoms with E-state index in [4.69, 9.17) is 10.8 Å². The summed E-state index contributed by atoms with van der Waals surface area (Å²) in [6, 6.07) is -0.0243. The molecule has 1 aliphatic carbocycles. The zero-order chi connectivity index (χ0) is 5.98. The lowest BCUT2D eigenvalue weighted by atomic mass is 9.94.